The van der Waals surface area contributed by atoms with Crippen LogP contribution in [-0.2, 0) is 27.4 Å². The van der Waals surface area contributed by atoms with Crippen molar-refractivity contribution in [2.45, 2.75) is 64.1 Å². The summed E-state index contributed by atoms with van der Waals surface area (Å²) in [6.45, 7) is 0.684. The van der Waals surface area contributed by atoms with Crippen molar-refractivity contribution in [2.24, 2.45) is 11.3 Å². The maximum absolute atomic E-state index is 13.0. The Balaban J connectivity index is 1.19. The standard InChI is InChI=1S/C24H26N4O5/c25-10-16-6-14(11-26-23(32)33-13-15-8-24(9-15)4-1-5-24)7-17-18(16)12-28(22(17)31)19-2-3-20(29)27-21(19)30/h6-7,15,19H,1-5,8-9,11-13H2,(H,26,32)(H,27,29,30). The first-order valence-corrected chi connectivity index (χ1v) is 11.5. The summed E-state index contributed by atoms with van der Waals surface area (Å²) < 4.78 is 5.35. The monoisotopic (exact) mass is 450 g/mol. The Bertz CT molecular complexity index is 1080. The highest BCUT2D eigenvalue weighted by Gasteiger charge is 2.48. The first-order valence-electron chi connectivity index (χ1n) is 11.5. The number of nitrogens with zero attached hydrogens (tertiary/aromatic N) is 2. The van der Waals surface area contributed by atoms with E-state index in [1.54, 1.807) is 12.1 Å². The molecule has 0 bridgehead atoms. The maximum atomic E-state index is 13.0. The SMILES string of the molecule is N#Cc1cc(CNC(=O)OCC2CC3(CCC3)C2)cc2c1CN(C1CCC(=O)NC1=O)C2=O. The van der Waals surface area contributed by atoms with Gasteiger partial charge in [0, 0.05) is 30.6 Å². The van der Waals surface area contributed by atoms with Crippen molar-refractivity contribution in [3.8, 4) is 6.07 Å². The Labute approximate surface area is 191 Å². The van der Waals surface area contributed by atoms with Crippen LogP contribution in [0.4, 0.5) is 4.79 Å². The van der Waals surface area contributed by atoms with E-state index in [1.807, 2.05) is 0 Å². The molecule has 5 rings (SSSR count). The molecular weight excluding hydrogens is 424 g/mol. The molecule has 1 spiro atoms. The highest BCUT2D eigenvalue weighted by atomic mass is 16.5. The number of carbonyl (C=O) groups is 4. The number of ether oxygens (including phenoxy) is 1. The van der Waals surface area contributed by atoms with Crippen LogP contribution in [-0.4, -0.2) is 41.4 Å². The number of alkyl carbamates (subject to hydrolysis) is 1. The number of rotatable bonds is 5. The van der Waals surface area contributed by atoms with Crippen LogP contribution in [0.15, 0.2) is 12.1 Å². The van der Waals surface area contributed by atoms with Crippen molar-refractivity contribution in [2.75, 3.05) is 6.61 Å². The summed E-state index contributed by atoms with van der Waals surface area (Å²) in [7, 11) is 0. The van der Waals surface area contributed by atoms with E-state index in [9.17, 15) is 24.4 Å². The lowest BCUT2D eigenvalue weighted by molar-refractivity contribution is -0.136. The number of nitrogens with one attached hydrogen (secondary N) is 2. The predicted molar refractivity (Wildman–Crippen MR) is 114 cm³/mol. The molecule has 2 heterocycles. The van der Waals surface area contributed by atoms with Gasteiger partial charge in [-0.2, -0.15) is 5.26 Å². The van der Waals surface area contributed by atoms with E-state index in [-0.39, 0.29) is 37.7 Å². The average Bonchev–Trinajstić information content (AvgIpc) is 3.06. The zero-order valence-corrected chi connectivity index (χ0v) is 18.3. The van der Waals surface area contributed by atoms with E-state index in [0.717, 1.165) is 12.8 Å². The Kier molecular flexibility index (Phi) is 5.31. The molecule has 1 saturated heterocycles. The molecule has 0 aromatic heterocycles. The number of hydrogen-bond acceptors (Lipinski definition) is 6. The normalized spacial score (nSPS) is 23.3. The van der Waals surface area contributed by atoms with Crippen LogP contribution in [0.5, 0.6) is 0 Å². The van der Waals surface area contributed by atoms with Gasteiger partial charge in [-0.15, -0.1) is 0 Å². The second kappa shape index (κ2) is 8.18. The van der Waals surface area contributed by atoms with Gasteiger partial charge < -0.3 is 15.0 Å². The van der Waals surface area contributed by atoms with Crippen LogP contribution >= 0.6 is 0 Å². The van der Waals surface area contributed by atoms with Gasteiger partial charge >= 0.3 is 6.09 Å². The third-order valence-corrected chi connectivity index (χ3v) is 7.58. The highest BCUT2D eigenvalue weighted by Crippen LogP contribution is 2.58. The van der Waals surface area contributed by atoms with Crippen LogP contribution in [0.25, 0.3) is 0 Å². The zero-order valence-electron chi connectivity index (χ0n) is 18.3. The lowest BCUT2D eigenvalue weighted by atomic mass is 9.52. The average molecular weight is 450 g/mol. The van der Waals surface area contributed by atoms with Crippen molar-refractivity contribution in [1.29, 1.82) is 5.26 Å². The summed E-state index contributed by atoms with van der Waals surface area (Å²) in [5, 5.41) is 14.6. The fraction of sp³-hybridized carbons (Fsp3) is 0.542. The number of nitriles is 1. The number of benzene rings is 1. The van der Waals surface area contributed by atoms with E-state index < -0.39 is 18.0 Å². The number of fused-ring (bicyclic) bond motifs is 1. The van der Waals surface area contributed by atoms with Crippen molar-refractivity contribution in [3.63, 3.8) is 0 Å². The molecule has 9 nitrogen and oxygen atoms in total. The van der Waals surface area contributed by atoms with Gasteiger partial charge in [-0.05, 0) is 61.1 Å². The van der Waals surface area contributed by atoms with Gasteiger partial charge in [0.15, 0.2) is 0 Å². The number of carbonyl (C=O) groups excluding carboxylic acids is 4. The highest BCUT2D eigenvalue weighted by molar-refractivity contribution is 6.05. The molecular formula is C24H26N4O5. The molecule has 2 saturated carbocycles. The summed E-state index contributed by atoms with van der Waals surface area (Å²) in [4.78, 5) is 50.2. The van der Waals surface area contributed by atoms with Gasteiger partial charge in [-0.1, -0.05) is 6.42 Å². The molecule has 2 aliphatic carbocycles. The molecule has 33 heavy (non-hydrogen) atoms. The molecule has 4 amide bonds. The van der Waals surface area contributed by atoms with Crippen LogP contribution in [0.2, 0.25) is 0 Å². The van der Waals surface area contributed by atoms with Crippen LogP contribution in [0.1, 0.15) is 72.0 Å². The van der Waals surface area contributed by atoms with Crippen molar-refractivity contribution in [3.05, 3.63) is 34.4 Å². The molecule has 1 aromatic carbocycles. The molecule has 172 valence electrons. The molecule has 0 radical (unpaired) electrons. The fourth-order valence-electron chi connectivity index (χ4n) is 5.71. The first kappa shape index (κ1) is 21.4. The topological polar surface area (TPSA) is 129 Å². The fourth-order valence-corrected chi connectivity index (χ4v) is 5.71. The summed E-state index contributed by atoms with van der Waals surface area (Å²) in [6, 6.07) is 4.67. The van der Waals surface area contributed by atoms with E-state index in [1.165, 1.54) is 24.2 Å². The van der Waals surface area contributed by atoms with Crippen LogP contribution in [0, 0.1) is 22.7 Å². The van der Waals surface area contributed by atoms with E-state index in [4.69, 9.17) is 4.74 Å². The summed E-state index contributed by atoms with van der Waals surface area (Å²) in [5.74, 6) is -0.754. The minimum absolute atomic E-state index is 0.126. The quantitative estimate of drug-likeness (QED) is 0.661. The van der Waals surface area contributed by atoms with E-state index in [0.29, 0.717) is 40.2 Å². The van der Waals surface area contributed by atoms with Gasteiger partial charge in [-0.3, -0.25) is 19.7 Å². The van der Waals surface area contributed by atoms with Gasteiger partial charge in [0.05, 0.1) is 18.2 Å². The third-order valence-electron chi connectivity index (χ3n) is 7.58. The molecule has 4 aliphatic rings. The second-order valence-corrected chi connectivity index (χ2v) is 9.76. The summed E-state index contributed by atoms with van der Waals surface area (Å²) in [6.07, 6.45) is 6.11. The Morgan fingerprint density at radius 3 is 2.73 bits per heavy atom. The van der Waals surface area contributed by atoms with E-state index >= 15 is 0 Å². The molecule has 9 heteroatoms. The van der Waals surface area contributed by atoms with Crippen LogP contribution in [0.3, 0.4) is 0 Å². The minimum atomic E-state index is -0.740. The lowest BCUT2D eigenvalue weighted by Crippen LogP contribution is -2.52. The first-order chi connectivity index (χ1) is 15.9. The summed E-state index contributed by atoms with van der Waals surface area (Å²) >= 11 is 0. The van der Waals surface area contributed by atoms with Gasteiger partial charge in [0.2, 0.25) is 11.8 Å². The molecule has 1 unspecified atom stereocenters. The third kappa shape index (κ3) is 3.94. The number of piperidine rings is 1. The minimum Gasteiger partial charge on any atom is -0.449 e. The molecule has 1 aromatic rings. The molecule has 1 atom stereocenters. The Hall–Kier alpha value is -3.41. The Morgan fingerprint density at radius 2 is 2.06 bits per heavy atom. The molecule has 3 fully saturated rings. The zero-order chi connectivity index (χ0) is 23.2. The maximum Gasteiger partial charge on any atom is 0.407 e. The van der Waals surface area contributed by atoms with Gasteiger partial charge in [0.1, 0.15) is 6.04 Å². The lowest BCUT2D eigenvalue weighted by Gasteiger charge is -2.54. The van der Waals surface area contributed by atoms with Gasteiger partial charge in [0.25, 0.3) is 5.91 Å². The molecule has 2 aliphatic heterocycles. The van der Waals surface area contributed by atoms with Crippen molar-refractivity contribution in [1.82, 2.24) is 15.5 Å². The predicted octanol–water partition coefficient (Wildman–Crippen LogP) is 2.13. The number of amides is 4. The second-order valence-electron chi connectivity index (χ2n) is 9.76. The molecule has 2 N–H and O–H groups in total. The van der Waals surface area contributed by atoms with Crippen LogP contribution < -0.4 is 10.6 Å². The smallest absolute Gasteiger partial charge is 0.407 e. The largest absolute Gasteiger partial charge is 0.449 e. The van der Waals surface area contributed by atoms with Crippen molar-refractivity contribution < 1.29 is 23.9 Å². The number of hydrogen-bond donors (Lipinski definition) is 2. The Morgan fingerprint density at radius 1 is 1.27 bits per heavy atom. The van der Waals surface area contributed by atoms with Crippen molar-refractivity contribution >= 4 is 23.8 Å². The van der Waals surface area contributed by atoms with Gasteiger partial charge in [-0.25, -0.2) is 4.79 Å². The summed E-state index contributed by atoms with van der Waals surface area (Å²) in [5.41, 5.74) is 2.40. The number of imide groups is 1. The van der Waals surface area contributed by atoms with E-state index in [2.05, 4.69) is 16.7 Å².